The molecule has 0 aromatic carbocycles. The summed E-state index contributed by atoms with van der Waals surface area (Å²) < 4.78 is 7.35. The fraction of sp³-hybridized carbons (Fsp3) is 0.333. The summed E-state index contributed by atoms with van der Waals surface area (Å²) in [5, 5.41) is 17.0. The Hall–Kier alpha value is -3.31. The lowest BCUT2D eigenvalue weighted by molar-refractivity contribution is 0.258. The third-order valence-corrected chi connectivity index (χ3v) is 5.95. The fourth-order valence-electron chi connectivity index (χ4n) is 3.40. The molecule has 0 spiro atoms. The van der Waals surface area contributed by atoms with Crippen molar-refractivity contribution in [2.45, 2.75) is 32.1 Å². The number of aliphatic imine (C=N–C) groups is 1. The van der Waals surface area contributed by atoms with Crippen LogP contribution >= 0.6 is 11.8 Å². The lowest BCUT2D eigenvalue weighted by Gasteiger charge is -2.26. The molecule has 1 N–H and O–H groups in total. The Balaban J connectivity index is 1.20. The molecule has 1 aliphatic rings. The van der Waals surface area contributed by atoms with E-state index in [-0.39, 0.29) is 0 Å². The number of hydrogen-bond donors (Lipinski definition) is 1. The molecule has 0 saturated carbocycles. The molecule has 0 radical (unpaired) electrons. The van der Waals surface area contributed by atoms with Crippen LogP contribution in [0.2, 0.25) is 0 Å². The molecule has 4 aromatic heterocycles. The van der Waals surface area contributed by atoms with E-state index in [9.17, 15) is 0 Å². The highest BCUT2D eigenvalue weighted by molar-refractivity contribution is 8.13. The Labute approximate surface area is 189 Å². The minimum atomic E-state index is 0.506. The van der Waals surface area contributed by atoms with Crippen molar-refractivity contribution in [3.05, 3.63) is 60.1 Å². The molecule has 0 bridgehead atoms. The molecule has 0 amide bonds. The molecule has 10 nitrogen and oxygen atoms in total. The predicted molar refractivity (Wildman–Crippen MR) is 122 cm³/mol. The van der Waals surface area contributed by atoms with Gasteiger partial charge in [0.05, 0.1) is 19.1 Å². The number of amidine groups is 1. The number of nitrogens with zero attached hydrogens (tertiary/aromatic N) is 8. The summed E-state index contributed by atoms with van der Waals surface area (Å²) in [4.78, 5) is 15.5. The highest BCUT2D eigenvalue weighted by Crippen LogP contribution is 2.21. The quantitative estimate of drug-likeness (QED) is 0.455. The normalized spacial score (nSPS) is 14.5. The number of aromatic nitrogens is 6. The van der Waals surface area contributed by atoms with Crippen LogP contribution < -0.4 is 5.32 Å². The van der Waals surface area contributed by atoms with Crippen LogP contribution in [0.1, 0.15) is 30.6 Å². The number of pyridine rings is 2. The molecule has 0 fully saturated rings. The Morgan fingerprint density at radius 3 is 3.03 bits per heavy atom. The van der Waals surface area contributed by atoms with Crippen molar-refractivity contribution in [3.63, 3.8) is 0 Å². The summed E-state index contributed by atoms with van der Waals surface area (Å²) in [5.41, 5.74) is 2.76. The summed E-state index contributed by atoms with van der Waals surface area (Å²) >= 11 is 1.62. The maximum absolute atomic E-state index is 5.38. The van der Waals surface area contributed by atoms with E-state index >= 15 is 0 Å². The van der Waals surface area contributed by atoms with E-state index < -0.39 is 0 Å². The third kappa shape index (κ3) is 4.63. The van der Waals surface area contributed by atoms with Crippen LogP contribution in [-0.4, -0.2) is 53.1 Å². The summed E-state index contributed by atoms with van der Waals surface area (Å²) in [6, 6.07) is 7.89. The molecule has 1 aliphatic heterocycles. The second-order valence-corrected chi connectivity index (χ2v) is 8.41. The smallest absolute Gasteiger partial charge is 0.258 e. The largest absolute Gasteiger partial charge is 0.352 e. The maximum Gasteiger partial charge on any atom is 0.258 e. The minimum Gasteiger partial charge on any atom is -0.352 e. The number of thioether (sulfide) groups is 1. The molecule has 5 heterocycles. The van der Waals surface area contributed by atoms with Gasteiger partial charge in [-0.05, 0) is 30.2 Å². The molecule has 5 rings (SSSR count). The second-order valence-electron chi connectivity index (χ2n) is 7.44. The topological polar surface area (TPSA) is 110 Å². The predicted octanol–water partition coefficient (Wildman–Crippen LogP) is 2.74. The average Bonchev–Trinajstić information content (AvgIpc) is 3.46. The van der Waals surface area contributed by atoms with Crippen molar-refractivity contribution in [1.29, 1.82) is 0 Å². The van der Waals surface area contributed by atoms with Crippen molar-refractivity contribution >= 4 is 22.6 Å². The van der Waals surface area contributed by atoms with E-state index in [0.717, 1.165) is 54.1 Å². The number of rotatable bonds is 7. The first-order valence-electron chi connectivity index (χ1n) is 10.5. The lowest BCUT2D eigenvalue weighted by Crippen LogP contribution is -2.41. The zero-order valence-corrected chi connectivity index (χ0v) is 18.5. The molecule has 11 heteroatoms. The Bertz CT molecular complexity index is 1220. The van der Waals surface area contributed by atoms with Gasteiger partial charge >= 0.3 is 0 Å². The van der Waals surface area contributed by atoms with Crippen LogP contribution in [0.3, 0.4) is 0 Å². The second kappa shape index (κ2) is 9.45. The summed E-state index contributed by atoms with van der Waals surface area (Å²) in [5.74, 6) is 2.75. The highest BCUT2D eigenvalue weighted by atomic mass is 32.2. The third-order valence-electron chi connectivity index (χ3n) is 5.00. The maximum atomic E-state index is 5.38. The van der Waals surface area contributed by atoms with Gasteiger partial charge in [0.25, 0.3) is 5.89 Å². The van der Waals surface area contributed by atoms with Crippen LogP contribution in [0.15, 0.2) is 52.4 Å². The van der Waals surface area contributed by atoms with Crippen LogP contribution in [0.4, 0.5) is 0 Å². The molecule has 0 aliphatic carbocycles. The summed E-state index contributed by atoms with van der Waals surface area (Å²) in [7, 11) is 0. The molecule has 0 saturated heterocycles. The highest BCUT2D eigenvalue weighted by Gasteiger charge is 2.15. The minimum absolute atomic E-state index is 0.506. The van der Waals surface area contributed by atoms with E-state index in [2.05, 4.69) is 53.5 Å². The Kier molecular flexibility index (Phi) is 6.08. The van der Waals surface area contributed by atoms with Crippen LogP contribution in [-0.2, 0) is 18.7 Å². The first-order valence-corrected chi connectivity index (χ1v) is 11.5. The van der Waals surface area contributed by atoms with E-state index in [1.54, 1.807) is 18.0 Å². The zero-order valence-electron chi connectivity index (χ0n) is 17.7. The molecule has 164 valence electrons. The SMILES string of the molecule is CCCc1noc(-c2ccn3c(CSC4=NCN(Cc5cccnc5)CN4)nnc3c2)n1. The summed E-state index contributed by atoms with van der Waals surface area (Å²) in [6.45, 7) is 4.30. The summed E-state index contributed by atoms with van der Waals surface area (Å²) in [6.07, 6.45) is 7.39. The van der Waals surface area contributed by atoms with Gasteiger partial charge in [-0.3, -0.25) is 14.3 Å². The van der Waals surface area contributed by atoms with Gasteiger partial charge in [0, 0.05) is 37.1 Å². The van der Waals surface area contributed by atoms with E-state index in [1.165, 1.54) is 5.56 Å². The number of fused-ring (bicyclic) bond motifs is 1. The van der Waals surface area contributed by atoms with Crippen molar-refractivity contribution in [3.8, 4) is 11.5 Å². The van der Waals surface area contributed by atoms with Crippen LogP contribution in [0.25, 0.3) is 17.1 Å². The molecule has 32 heavy (non-hydrogen) atoms. The fourth-order valence-corrected chi connectivity index (χ4v) is 4.18. The van der Waals surface area contributed by atoms with Gasteiger partial charge in [0.15, 0.2) is 16.6 Å². The van der Waals surface area contributed by atoms with E-state index in [4.69, 9.17) is 4.52 Å². The Morgan fingerprint density at radius 1 is 1.25 bits per heavy atom. The van der Waals surface area contributed by atoms with Crippen molar-refractivity contribution in [2.75, 3.05) is 13.3 Å². The van der Waals surface area contributed by atoms with Gasteiger partial charge in [-0.2, -0.15) is 4.98 Å². The van der Waals surface area contributed by atoms with Gasteiger partial charge in [-0.1, -0.05) is 29.9 Å². The number of nitrogens with one attached hydrogen (secondary N) is 1. The van der Waals surface area contributed by atoms with Gasteiger partial charge in [0.2, 0.25) is 0 Å². The Morgan fingerprint density at radius 2 is 2.22 bits per heavy atom. The molecular formula is C21H23N9OS. The average molecular weight is 450 g/mol. The standard InChI is InChI=1S/C21H23N9OS/c1-2-4-17-25-20(31-28-17)16-6-8-30-18(9-16)26-27-19(30)12-32-21-23-13-29(14-24-21)11-15-5-3-7-22-10-15/h3,5-10H,2,4,11-14H2,1H3,(H,23,24). The zero-order chi connectivity index (χ0) is 21.8. The van der Waals surface area contributed by atoms with Crippen molar-refractivity contribution in [1.82, 2.24) is 39.9 Å². The molecular weight excluding hydrogens is 426 g/mol. The number of hydrogen-bond acceptors (Lipinski definition) is 10. The van der Waals surface area contributed by atoms with Crippen LogP contribution in [0.5, 0.6) is 0 Å². The first-order chi connectivity index (χ1) is 15.8. The van der Waals surface area contributed by atoms with E-state index in [1.807, 2.05) is 35.0 Å². The van der Waals surface area contributed by atoms with Gasteiger partial charge in [0.1, 0.15) is 5.82 Å². The lowest BCUT2D eigenvalue weighted by atomic mass is 10.2. The van der Waals surface area contributed by atoms with Gasteiger partial charge in [-0.15, -0.1) is 10.2 Å². The van der Waals surface area contributed by atoms with E-state index in [0.29, 0.717) is 18.3 Å². The van der Waals surface area contributed by atoms with Crippen molar-refractivity contribution in [2.24, 2.45) is 4.99 Å². The number of aryl methyl sites for hydroxylation is 1. The monoisotopic (exact) mass is 449 g/mol. The molecule has 4 aromatic rings. The van der Waals surface area contributed by atoms with Crippen LogP contribution in [0, 0.1) is 0 Å². The van der Waals surface area contributed by atoms with Gasteiger partial charge in [-0.25, -0.2) is 4.99 Å². The first kappa shape index (κ1) is 20.6. The van der Waals surface area contributed by atoms with Crippen molar-refractivity contribution < 1.29 is 4.52 Å². The van der Waals surface area contributed by atoms with Gasteiger partial charge < -0.3 is 9.84 Å². The molecule has 0 atom stereocenters. The molecule has 0 unspecified atom stereocenters.